The van der Waals surface area contributed by atoms with Crippen molar-refractivity contribution in [3.05, 3.63) is 0 Å². The van der Waals surface area contributed by atoms with Crippen molar-refractivity contribution in [1.29, 1.82) is 0 Å². The summed E-state index contributed by atoms with van der Waals surface area (Å²) in [6.45, 7) is 13.1. The maximum Gasteiger partial charge on any atom is 0.00967 e. The van der Waals surface area contributed by atoms with E-state index in [-0.39, 0.29) is 5.54 Å². The summed E-state index contributed by atoms with van der Waals surface area (Å²) in [6, 6.07) is 0.923. The molecule has 2 fully saturated rings. The Bertz CT molecular complexity index is 269. The van der Waals surface area contributed by atoms with Crippen molar-refractivity contribution in [3.8, 4) is 0 Å². The molecule has 112 valence electrons. The zero-order valence-electron chi connectivity index (χ0n) is 13.6. The molecule has 1 N–H and O–H groups in total. The quantitative estimate of drug-likeness (QED) is 0.754. The predicted octanol–water partition coefficient (Wildman–Crippen LogP) is 3.81. The van der Waals surface area contributed by atoms with Crippen LogP contribution in [0.3, 0.4) is 0 Å². The van der Waals surface area contributed by atoms with Crippen LogP contribution in [0.5, 0.6) is 0 Å². The monoisotopic (exact) mass is 266 g/mol. The molecule has 0 unspecified atom stereocenters. The standard InChI is InChI=1S/C17H34N2/c1-5-12-19(15-8-9-15)14-17(10-6-7-11-17)13-18-16(2,3)4/h15,18H,5-14H2,1-4H3. The van der Waals surface area contributed by atoms with Gasteiger partial charge >= 0.3 is 0 Å². The number of nitrogens with zero attached hydrogens (tertiary/aromatic N) is 1. The molecule has 2 rings (SSSR count). The van der Waals surface area contributed by atoms with Crippen LogP contribution in [0, 0.1) is 5.41 Å². The molecule has 2 heteroatoms. The molecule has 2 nitrogen and oxygen atoms in total. The van der Waals surface area contributed by atoms with Gasteiger partial charge < -0.3 is 5.32 Å². The number of nitrogens with one attached hydrogen (secondary N) is 1. The minimum atomic E-state index is 0.255. The second-order valence-corrected chi connectivity index (χ2v) is 8.01. The molecular formula is C17H34N2. The van der Waals surface area contributed by atoms with Gasteiger partial charge in [0.2, 0.25) is 0 Å². The first kappa shape index (κ1) is 15.3. The first-order valence-corrected chi connectivity index (χ1v) is 8.43. The van der Waals surface area contributed by atoms with Crippen molar-refractivity contribution in [3.63, 3.8) is 0 Å². The third-order valence-corrected chi connectivity index (χ3v) is 4.77. The van der Waals surface area contributed by atoms with Crippen molar-refractivity contribution in [2.75, 3.05) is 19.6 Å². The number of rotatable bonds is 7. The molecule has 2 aliphatic rings. The van der Waals surface area contributed by atoms with E-state index in [9.17, 15) is 0 Å². The van der Waals surface area contributed by atoms with E-state index < -0.39 is 0 Å². The summed E-state index contributed by atoms with van der Waals surface area (Å²) in [5.41, 5.74) is 0.815. The lowest BCUT2D eigenvalue weighted by atomic mass is 9.84. The van der Waals surface area contributed by atoms with E-state index in [2.05, 4.69) is 37.9 Å². The summed E-state index contributed by atoms with van der Waals surface area (Å²) in [5.74, 6) is 0. The van der Waals surface area contributed by atoms with E-state index in [4.69, 9.17) is 0 Å². The van der Waals surface area contributed by atoms with E-state index in [0.29, 0.717) is 5.41 Å². The van der Waals surface area contributed by atoms with E-state index in [1.54, 1.807) is 0 Å². The molecule has 19 heavy (non-hydrogen) atoms. The van der Waals surface area contributed by atoms with Crippen LogP contribution in [0.2, 0.25) is 0 Å². The van der Waals surface area contributed by atoms with Crippen molar-refractivity contribution >= 4 is 0 Å². The van der Waals surface area contributed by atoms with Gasteiger partial charge in [0.05, 0.1) is 0 Å². The molecule has 0 amide bonds. The maximum absolute atomic E-state index is 3.78. The van der Waals surface area contributed by atoms with Gasteiger partial charge in [0.25, 0.3) is 0 Å². The summed E-state index contributed by atoms with van der Waals surface area (Å²) in [5, 5.41) is 3.78. The highest BCUT2D eigenvalue weighted by Crippen LogP contribution is 2.41. The predicted molar refractivity (Wildman–Crippen MR) is 83.5 cm³/mol. The summed E-state index contributed by atoms with van der Waals surface area (Å²) < 4.78 is 0. The highest BCUT2D eigenvalue weighted by atomic mass is 15.2. The molecule has 0 spiro atoms. The number of hydrogen-bond donors (Lipinski definition) is 1. The lowest BCUT2D eigenvalue weighted by molar-refractivity contribution is 0.133. The van der Waals surface area contributed by atoms with Crippen molar-refractivity contribution < 1.29 is 0 Å². The first-order valence-electron chi connectivity index (χ1n) is 8.43. The van der Waals surface area contributed by atoms with Gasteiger partial charge in [-0.25, -0.2) is 0 Å². The zero-order chi connectivity index (χ0) is 13.9. The maximum atomic E-state index is 3.78. The minimum Gasteiger partial charge on any atom is -0.311 e. The molecule has 0 bridgehead atoms. The van der Waals surface area contributed by atoms with Gasteiger partial charge in [-0.2, -0.15) is 0 Å². The van der Waals surface area contributed by atoms with Gasteiger partial charge in [-0.05, 0) is 64.8 Å². The molecule has 0 saturated heterocycles. The largest absolute Gasteiger partial charge is 0.311 e. The average molecular weight is 266 g/mol. The molecule has 2 aliphatic carbocycles. The lowest BCUT2D eigenvalue weighted by Crippen LogP contribution is -2.48. The molecule has 0 atom stereocenters. The van der Waals surface area contributed by atoms with Gasteiger partial charge in [-0.15, -0.1) is 0 Å². The third-order valence-electron chi connectivity index (χ3n) is 4.77. The Morgan fingerprint density at radius 2 is 1.79 bits per heavy atom. The van der Waals surface area contributed by atoms with Gasteiger partial charge in [0.15, 0.2) is 0 Å². The second kappa shape index (κ2) is 6.13. The van der Waals surface area contributed by atoms with Gasteiger partial charge in [0, 0.05) is 24.7 Å². The Labute approximate surface area is 120 Å². The highest BCUT2D eigenvalue weighted by molar-refractivity contribution is 4.95. The van der Waals surface area contributed by atoms with Crippen molar-refractivity contribution in [2.24, 2.45) is 5.41 Å². The Hall–Kier alpha value is -0.0800. The van der Waals surface area contributed by atoms with E-state index >= 15 is 0 Å². The Kier molecular flexibility index (Phi) is 4.94. The SMILES string of the molecule is CCCN(CC1(CNC(C)(C)C)CCCC1)C1CC1. The van der Waals surface area contributed by atoms with Gasteiger partial charge in [-0.3, -0.25) is 4.90 Å². The third kappa shape index (κ3) is 4.75. The van der Waals surface area contributed by atoms with Crippen molar-refractivity contribution in [1.82, 2.24) is 10.2 Å². The second-order valence-electron chi connectivity index (χ2n) is 8.01. The molecule has 2 saturated carbocycles. The van der Waals surface area contributed by atoms with Crippen LogP contribution in [-0.2, 0) is 0 Å². The molecular weight excluding hydrogens is 232 g/mol. The fourth-order valence-corrected chi connectivity index (χ4v) is 3.52. The Morgan fingerprint density at radius 3 is 2.26 bits per heavy atom. The fraction of sp³-hybridized carbons (Fsp3) is 1.00. The van der Waals surface area contributed by atoms with Gasteiger partial charge in [0.1, 0.15) is 0 Å². The van der Waals surface area contributed by atoms with E-state index in [1.807, 2.05) is 0 Å². The molecule has 0 radical (unpaired) electrons. The highest BCUT2D eigenvalue weighted by Gasteiger charge is 2.39. The van der Waals surface area contributed by atoms with E-state index in [0.717, 1.165) is 6.04 Å². The minimum absolute atomic E-state index is 0.255. The summed E-state index contributed by atoms with van der Waals surface area (Å²) >= 11 is 0. The normalized spacial score (nSPS) is 23.2. The van der Waals surface area contributed by atoms with Crippen LogP contribution in [0.4, 0.5) is 0 Å². The molecule has 0 aromatic carbocycles. The first-order chi connectivity index (χ1) is 8.94. The van der Waals surface area contributed by atoms with Crippen LogP contribution >= 0.6 is 0 Å². The van der Waals surface area contributed by atoms with Crippen LogP contribution < -0.4 is 5.32 Å². The summed E-state index contributed by atoms with van der Waals surface area (Å²) in [4.78, 5) is 2.80. The number of hydrogen-bond acceptors (Lipinski definition) is 2. The Balaban J connectivity index is 1.93. The molecule has 0 aromatic heterocycles. The molecule has 0 aliphatic heterocycles. The van der Waals surface area contributed by atoms with Crippen LogP contribution in [-0.4, -0.2) is 36.1 Å². The summed E-state index contributed by atoms with van der Waals surface area (Å²) in [6.07, 6.45) is 9.95. The van der Waals surface area contributed by atoms with Crippen LogP contribution in [0.15, 0.2) is 0 Å². The van der Waals surface area contributed by atoms with E-state index in [1.165, 1.54) is 64.6 Å². The molecule has 0 heterocycles. The fourth-order valence-electron chi connectivity index (χ4n) is 3.52. The average Bonchev–Trinajstić information content (AvgIpc) is 3.07. The molecule has 0 aromatic rings. The smallest absolute Gasteiger partial charge is 0.00967 e. The topological polar surface area (TPSA) is 15.3 Å². The van der Waals surface area contributed by atoms with Crippen LogP contribution in [0.25, 0.3) is 0 Å². The zero-order valence-corrected chi connectivity index (χ0v) is 13.6. The van der Waals surface area contributed by atoms with Crippen molar-refractivity contribution in [2.45, 2.75) is 84.2 Å². The van der Waals surface area contributed by atoms with Gasteiger partial charge in [-0.1, -0.05) is 19.8 Å². The van der Waals surface area contributed by atoms with Crippen LogP contribution in [0.1, 0.15) is 72.6 Å². The summed E-state index contributed by atoms with van der Waals surface area (Å²) in [7, 11) is 0. The lowest BCUT2D eigenvalue weighted by Gasteiger charge is -2.38. The Morgan fingerprint density at radius 1 is 1.16 bits per heavy atom.